The number of carbonyl (C=O) groups is 1. The van der Waals surface area contributed by atoms with Crippen LogP contribution >= 0.6 is 0 Å². The first-order valence-corrected chi connectivity index (χ1v) is 7.97. The summed E-state index contributed by atoms with van der Waals surface area (Å²) in [6.45, 7) is 2.29. The van der Waals surface area contributed by atoms with Gasteiger partial charge in [0, 0.05) is 12.2 Å². The summed E-state index contributed by atoms with van der Waals surface area (Å²) in [7, 11) is -2.11. The molecule has 1 unspecified atom stereocenters. The lowest BCUT2D eigenvalue weighted by Gasteiger charge is -2.14. The number of benzene rings is 1. The van der Waals surface area contributed by atoms with Crippen molar-refractivity contribution in [1.82, 2.24) is 4.72 Å². The zero-order chi connectivity index (χ0) is 15.2. The number of hydrogen-bond acceptors (Lipinski definition) is 4. The van der Waals surface area contributed by atoms with Gasteiger partial charge in [-0.25, -0.2) is 13.1 Å². The Morgan fingerprint density at radius 2 is 1.90 bits per heavy atom. The number of nitrogens with one attached hydrogen (secondary N) is 2. The summed E-state index contributed by atoms with van der Waals surface area (Å²) in [5, 5.41) is 2.74. The summed E-state index contributed by atoms with van der Waals surface area (Å²) in [6, 6.07) is 6.00. The lowest BCUT2D eigenvalue weighted by Crippen LogP contribution is -2.29. The standard InChI is InChI=1S/C13H21N3O3S/c1-3-4-10(9-14)13(17)16-11-5-7-12(8-6-11)20(18,19)15-2/h5-8,10,15H,3-4,9,14H2,1-2H3,(H,16,17). The van der Waals surface area contributed by atoms with Gasteiger partial charge in [0.2, 0.25) is 15.9 Å². The van der Waals surface area contributed by atoms with Crippen LogP contribution in [-0.4, -0.2) is 27.9 Å². The average molecular weight is 299 g/mol. The Balaban J connectivity index is 2.78. The highest BCUT2D eigenvalue weighted by Crippen LogP contribution is 2.15. The molecule has 112 valence electrons. The third kappa shape index (κ3) is 4.29. The van der Waals surface area contributed by atoms with Gasteiger partial charge in [0.15, 0.2) is 0 Å². The Morgan fingerprint density at radius 1 is 1.30 bits per heavy atom. The molecule has 0 spiro atoms. The molecule has 0 radical (unpaired) electrons. The zero-order valence-electron chi connectivity index (χ0n) is 11.7. The lowest BCUT2D eigenvalue weighted by atomic mass is 10.0. The number of rotatable bonds is 7. The molecule has 1 aromatic rings. The molecule has 0 saturated carbocycles. The van der Waals surface area contributed by atoms with E-state index in [1.807, 2.05) is 6.92 Å². The van der Waals surface area contributed by atoms with Gasteiger partial charge in [-0.05, 0) is 37.7 Å². The highest BCUT2D eigenvalue weighted by Gasteiger charge is 2.16. The maximum absolute atomic E-state index is 11.9. The number of hydrogen-bond donors (Lipinski definition) is 3. The zero-order valence-corrected chi connectivity index (χ0v) is 12.5. The van der Waals surface area contributed by atoms with Crippen molar-refractivity contribution in [3.05, 3.63) is 24.3 Å². The van der Waals surface area contributed by atoms with Crippen molar-refractivity contribution in [2.45, 2.75) is 24.7 Å². The minimum atomic E-state index is -3.46. The fourth-order valence-electron chi connectivity index (χ4n) is 1.78. The molecule has 0 heterocycles. The predicted molar refractivity (Wildman–Crippen MR) is 78.8 cm³/mol. The van der Waals surface area contributed by atoms with Crippen LogP contribution in [-0.2, 0) is 14.8 Å². The van der Waals surface area contributed by atoms with Crippen LogP contribution in [0.3, 0.4) is 0 Å². The minimum absolute atomic E-state index is 0.140. The Morgan fingerprint density at radius 3 is 2.35 bits per heavy atom. The monoisotopic (exact) mass is 299 g/mol. The van der Waals surface area contributed by atoms with E-state index in [1.54, 1.807) is 12.1 Å². The summed E-state index contributed by atoms with van der Waals surface area (Å²) in [4.78, 5) is 12.1. The van der Waals surface area contributed by atoms with Crippen LogP contribution in [0.4, 0.5) is 5.69 Å². The quantitative estimate of drug-likeness (QED) is 0.696. The van der Waals surface area contributed by atoms with Crippen LogP contribution in [0.15, 0.2) is 29.2 Å². The molecule has 6 nitrogen and oxygen atoms in total. The van der Waals surface area contributed by atoms with Crippen molar-refractivity contribution in [2.24, 2.45) is 11.7 Å². The molecule has 0 aliphatic carbocycles. The van der Waals surface area contributed by atoms with E-state index in [0.29, 0.717) is 12.2 Å². The molecule has 1 amide bonds. The second-order valence-electron chi connectivity index (χ2n) is 4.44. The van der Waals surface area contributed by atoms with Crippen LogP contribution in [0.1, 0.15) is 19.8 Å². The molecule has 0 aliphatic rings. The molecule has 1 rings (SSSR count). The average Bonchev–Trinajstić information content (AvgIpc) is 2.45. The molecule has 0 bridgehead atoms. The first kappa shape index (κ1) is 16.6. The van der Waals surface area contributed by atoms with Crippen LogP contribution in [0.5, 0.6) is 0 Å². The van der Waals surface area contributed by atoms with E-state index in [-0.39, 0.29) is 16.7 Å². The highest BCUT2D eigenvalue weighted by atomic mass is 32.2. The second-order valence-corrected chi connectivity index (χ2v) is 6.33. The molecule has 0 fully saturated rings. The Labute approximate surface area is 119 Å². The highest BCUT2D eigenvalue weighted by molar-refractivity contribution is 7.89. The number of sulfonamides is 1. The molecule has 20 heavy (non-hydrogen) atoms. The summed E-state index contributed by atoms with van der Waals surface area (Å²) < 4.78 is 25.3. The Kier molecular flexibility index (Phi) is 6.12. The van der Waals surface area contributed by atoms with Crippen molar-refractivity contribution in [2.75, 3.05) is 18.9 Å². The van der Waals surface area contributed by atoms with Gasteiger partial charge in [-0.15, -0.1) is 0 Å². The van der Waals surface area contributed by atoms with E-state index in [4.69, 9.17) is 5.73 Å². The second kappa shape index (κ2) is 7.37. The number of carbonyl (C=O) groups excluding carboxylic acids is 1. The molecule has 0 saturated heterocycles. The summed E-state index contributed by atoms with van der Waals surface area (Å²) in [6.07, 6.45) is 1.61. The van der Waals surface area contributed by atoms with Crippen LogP contribution in [0.2, 0.25) is 0 Å². The summed E-state index contributed by atoms with van der Waals surface area (Å²) in [5.41, 5.74) is 6.12. The van der Waals surface area contributed by atoms with Gasteiger partial charge in [0.05, 0.1) is 10.8 Å². The van der Waals surface area contributed by atoms with Crippen molar-refractivity contribution in [3.8, 4) is 0 Å². The molecule has 1 aromatic carbocycles. The number of nitrogens with two attached hydrogens (primary N) is 1. The van der Waals surface area contributed by atoms with Crippen LogP contribution < -0.4 is 15.8 Å². The molecule has 4 N–H and O–H groups in total. The molecular weight excluding hydrogens is 278 g/mol. The van der Waals surface area contributed by atoms with E-state index in [9.17, 15) is 13.2 Å². The largest absolute Gasteiger partial charge is 0.330 e. The number of anilines is 1. The van der Waals surface area contributed by atoms with Crippen molar-refractivity contribution in [1.29, 1.82) is 0 Å². The van der Waals surface area contributed by atoms with Crippen LogP contribution in [0.25, 0.3) is 0 Å². The van der Waals surface area contributed by atoms with Gasteiger partial charge in [-0.3, -0.25) is 4.79 Å². The minimum Gasteiger partial charge on any atom is -0.330 e. The summed E-state index contributed by atoms with van der Waals surface area (Å²) in [5.74, 6) is -0.362. The van der Waals surface area contributed by atoms with Gasteiger partial charge < -0.3 is 11.1 Å². The molecule has 0 aliphatic heterocycles. The van der Waals surface area contributed by atoms with E-state index >= 15 is 0 Å². The first-order chi connectivity index (χ1) is 9.44. The van der Waals surface area contributed by atoms with Crippen molar-refractivity contribution < 1.29 is 13.2 Å². The van der Waals surface area contributed by atoms with Gasteiger partial charge >= 0.3 is 0 Å². The SMILES string of the molecule is CCCC(CN)C(=O)Nc1ccc(S(=O)(=O)NC)cc1. The van der Waals surface area contributed by atoms with Crippen molar-refractivity contribution >= 4 is 21.6 Å². The Hall–Kier alpha value is -1.44. The molecule has 7 heteroatoms. The van der Waals surface area contributed by atoms with Crippen LogP contribution in [0, 0.1) is 5.92 Å². The van der Waals surface area contributed by atoms with Gasteiger partial charge in [0.1, 0.15) is 0 Å². The van der Waals surface area contributed by atoms with Gasteiger partial charge in [0.25, 0.3) is 0 Å². The fourth-order valence-corrected chi connectivity index (χ4v) is 2.51. The normalized spacial score (nSPS) is 12.9. The Bertz CT molecular complexity index is 540. The van der Waals surface area contributed by atoms with Gasteiger partial charge in [-0.2, -0.15) is 0 Å². The third-order valence-corrected chi connectivity index (χ3v) is 4.42. The third-order valence-electron chi connectivity index (χ3n) is 2.99. The van der Waals surface area contributed by atoms with E-state index in [0.717, 1.165) is 12.8 Å². The van der Waals surface area contributed by atoms with E-state index in [1.165, 1.54) is 19.2 Å². The number of amides is 1. The van der Waals surface area contributed by atoms with Gasteiger partial charge in [-0.1, -0.05) is 13.3 Å². The van der Waals surface area contributed by atoms with E-state index in [2.05, 4.69) is 10.0 Å². The lowest BCUT2D eigenvalue weighted by molar-refractivity contribution is -0.119. The maximum atomic E-state index is 11.9. The first-order valence-electron chi connectivity index (χ1n) is 6.49. The molecular formula is C13H21N3O3S. The smallest absolute Gasteiger partial charge is 0.240 e. The predicted octanol–water partition coefficient (Wildman–Crippen LogP) is 0.908. The van der Waals surface area contributed by atoms with E-state index < -0.39 is 10.0 Å². The molecule has 0 aromatic heterocycles. The maximum Gasteiger partial charge on any atom is 0.240 e. The topological polar surface area (TPSA) is 101 Å². The molecule has 1 atom stereocenters. The van der Waals surface area contributed by atoms with Crippen molar-refractivity contribution in [3.63, 3.8) is 0 Å². The summed E-state index contributed by atoms with van der Waals surface area (Å²) >= 11 is 0. The fraction of sp³-hybridized carbons (Fsp3) is 0.462.